The first-order chi connectivity index (χ1) is 12.2. The van der Waals surface area contributed by atoms with Crippen molar-refractivity contribution in [2.75, 3.05) is 0 Å². The smallest absolute Gasteiger partial charge is 0.123 e. The third-order valence-electron chi connectivity index (χ3n) is 6.86. The first kappa shape index (κ1) is 18.7. The average Bonchev–Trinajstić information content (AvgIpc) is 2.64. The number of allylic oxidation sites excluding steroid dienone is 2. The number of rotatable bonds is 5. The van der Waals surface area contributed by atoms with E-state index in [2.05, 4.69) is 19.9 Å². The molecule has 0 bridgehead atoms. The van der Waals surface area contributed by atoms with E-state index >= 15 is 0 Å². The molecule has 0 unspecified atom stereocenters. The highest BCUT2D eigenvalue weighted by Crippen LogP contribution is 2.42. The van der Waals surface area contributed by atoms with Crippen molar-refractivity contribution >= 4 is 5.57 Å². The number of halogens is 1. The molecule has 2 saturated carbocycles. The summed E-state index contributed by atoms with van der Waals surface area (Å²) in [5.41, 5.74) is 2.47. The molecule has 2 fully saturated rings. The summed E-state index contributed by atoms with van der Waals surface area (Å²) in [5, 5.41) is 0. The van der Waals surface area contributed by atoms with Gasteiger partial charge in [0, 0.05) is 0 Å². The van der Waals surface area contributed by atoms with Gasteiger partial charge in [-0.25, -0.2) is 4.39 Å². The zero-order valence-corrected chi connectivity index (χ0v) is 16.1. The molecule has 1 aromatic rings. The molecule has 1 heteroatoms. The highest BCUT2D eigenvalue weighted by atomic mass is 19.1. The van der Waals surface area contributed by atoms with E-state index in [1.165, 1.54) is 69.8 Å². The van der Waals surface area contributed by atoms with Crippen LogP contribution in [0, 0.1) is 29.5 Å². The van der Waals surface area contributed by atoms with Gasteiger partial charge in [0.25, 0.3) is 0 Å². The van der Waals surface area contributed by atoms with E-state index in [1.54, 1.807) is 12.1 Å². The molecule has 0 nitrogen and oxygen atoms in total. The first-order valence-corrected chi connectivity index (χ1v) is 10.6. The normalized spacial score (nSPS) is 31.1. The van der Waals surface area contributed by atoms with Crippen LogP contribution in [0.15, 0.2) is 30.3 Å². The summed E-state index contributed by atoms with van der Waals surface area (Å²) in [6, 6.07) is 6.94. The number of hydrogen-bond acceptors (Lipinski definition) is 0. The molecular formula is C24H35F. The van der Waals surface area contributed by atoms with Crippen molar-refractivity contribution in [2.24, 2.45) is 23.7 Å². The van der Waals surface area contributed by atoms with E-state index in [9.17, 15) is 4.39 Å². The minimum absolute atomic E-state index is 0.147. The SMILES string of the molecule is CCCC1CCC(C2CCC(C=C(C)c3ccc(F)cc3)CC2)CC1. The summed E-state index contributed by atoms with van der Waals surface area (Å²) in [7, 11) is 0. The zero-order chi connectivity index (χ0) is 17.6. The Morgan fingerprint density at radius 1 is 0.920 bits per heavy atom. The van der Waals surface area contributed by atoms with Crippen LogP contribution in [0.5, 0.6) is 0 Å². The summed E-state index contributed by atoms with van der Waals surface area (Å²) in [4.78, 5) is 0. The molecule has 138 valence electrons. The topological polar surface area (TPSA) is 0 Å². The maximum absolute atomic E-state index is 13.1. The molecule has 3 rings (SSSR count). The van der Waals surface area contributed by atoms with Crippen LogP contribution in [-0.4, -0.2) is 0 Å². The monoisotopic (exact) mass is 342 g/mol. The minimum Gasteiger partial charge on any atom is -0.207 e. The molecule has 2 aliphatic rings. The summed E-state index contributed by atoms with van der Waals surface area (Å²) in [6.07, 6.45) is 16.7. The van der Waals surface area contributed by atoms with Gasteiger partial charge in [0.1, 0.15) is 5.82 Å². The molecule has 25 heavy (non-hydrogen) atoms. The lowest BCUT2D eigenvalue weighted by atomic mass is 9.68. The molecule has 0 heterocycles. The summed E-state index contributed by atoms with van der Waals surface area (Å²) in [6.45, 7) is 4.50. The Morgan fingerprint density at radius 3 is 2.04 bits per heavy atom. The Kier molecular flexibility index (Phi) is 6.73. The van der Waals surface area contributed by atoms with Crippen molar-refractivity contribution in [2.45, 2.75) is 78.1 Å². The summed E-state index contributed by atoms with van der Waals surface area (Å²) >= 11 is 0. The summed E-state index contributed by atoms with van der Waals surface area (Å²) < 4.78 is 13.1. The van der Waals surface area contributed by atoms with Crippen molar-refractivity contribution in [3.63, 3.8) is 0 Å². The molecule has 2 aliphatic carbocycles. The van der Waals surface area contributed by atoms with Crippen LogP contribution in [0.3, 0.4) is 0 Å². The lowest BCUT2D eigenvalue weighted by Gasteiger charge is -2.37. The van der Waals surface area contributed by atoms with Crippen molar-refractivity contribution in [1.29, 1.82) is 0 Å². The van der Waals surface area contributed by atoms with Gasteiger partial charge in [-0.3, -0.25) is 0 Å². The molecule has 0 aliphatic heterocycles. The first-order valence-electron chi connectivity index (χ1n) is 10.6. The molecule has 0 saturated heterocycles. The van der Waals surface area contributed by atoms with E-state index in [-0.39, 0.29) is 5.82 Å². The van der Waals surface area contributed by atoms with Gasteiger partial charge in [0.2, 0.25) is 0 Å². The quantitative estimate of drug-likeness (QED) is 0.515. The second-order valence-corrected chi connectivity index (χ2v) is 8.60. The lowest BCUT2D eigenvalue weighted by Crippen LogP contribution is -2.25. The van der Waals surface area contributed by atoms with Crippen LogP contribution in [0.4, 0.5) is 4.39 Å². The lowest BCUT2D eigenvalue weighted by molar-refractivity contribution is 0.152. The van der Waals surface area contributed by atoms with Gasteiger partial charge < -0.3 is 0 Å². The molecule has 0 N–H and O–H groups in total. The third-order valence-corrected chi connectivity index (χ3v) is 6.86. The van der Waals surface area contributed by atoms with Crippen LogP contribution < -0.4 is 0 Å². The fourth-order valence-corrected chi connectivity index (χ4v) is 5.30. The Morgan fingerprint density at radius 2 is 1.48 bits per heavy atom. The van der Waals surface area contributed by atoms with Crippen LogP contribution in [-0.2, 0) is 0 Å². The molecule has 0 spiro atoms. The van der Waals surface area contributed by atoms with Crippen LogP contribution >= 0.6 is 0 Å². The Hall–Kier alpha value is -1.11. The van der Waals surface area contributed by atoms with E-state index in [0.29, 0.717) is 0 Å². The minimum atomic E-state index is -0.147. The maximum atomic E-state index is 13.1. The third kappa shape index (κ3) is 5.19. The average molecular weight is 343 g/mol. The van der Waals surface area contributed by atoms with E-state index in [1.807, 2.05) is 12.1 Å². The predicted molar refractivity (Wildman–Crippen MR) is 106 cm³/mol. The maximum Gasteiger partial charge on any atom is 0.123 e. The fraction of sp³-hybridized carbons (Fsp3) is 0.667. The molecule has 0 atom stereocenters. The van der Waals surface area contributed by atoms with Crippen molar-refractivity contribution in [1.82, 2.24) is 0 Å². The van der Waals surface area contributed by atoms with Crippen LogP contribution in [0.1, 0.15) is 83.6 Å². The Bertz CT molecular complexity index is 540. The van der Waals surface area contributed by atoms with Crippen LogP contribution in [0.25, 0.3) is 5.57 Å². The van der Waals surface area contributed by atoms with Crippen molar-refractivity contribution in [3.8, 4) is 0 Å². The van der Waals surface area contributed by atoms with Crippen molar-refractivity contribution < 1.29 is 4.39 Å². The predicted octanol–water partition coefficient (Wildman–Crippen LogP) is 7.64. The highest BCUT2D eigenvalue weighted by Gasteiger charge is 2.30. The summed E-state index contributed by atoms with van der Waals surface area (Å²) in [5.74, 6) is 3.59. The van der Waals surface area contributed by atoms with Crippen LogP contribution in [0.2, 0.25) is 0 Å². The Balaban J connectivity index is 1.47. The molecule has 0 amide bonds. The van der Waals surface area contributed by atoms with E-state index in [0.717, 1.165) is 29.2 Å². The molecule has 0 aromatic heterocycles. The second-order valence-electron chi connectivity index (χ2n) is 8.60. The molecule has 1 aromatic carbocycles. The largest absolute Gasteiger partial charge is 0.207 e. The van der Waals surface area contributed by atoms with Gasteiger partial charge in [0.15, 0.2) is 0 Å². The molecular weight excluding hydrogens is 307 g/mol. The van der Waals surface area contributed by atoms with Gasteiger partial charge in [0.05, 0.1) is 0 Å². The Labute approximate surface area is 153 Å². The van der Waals surface area contributed by atoms with Gasteiger partial charge >= 0.3 is 0 Å². The number of hydrogen-bond donors (Lipinski definition) is 0. The highest BCUT2D eigenvalue weighted by molar-refractivity contribution is 5.63. The number of benzene rings is 1. The van der Waals surface area contributed by atoms with Crippen molar-refractivity contribution in [3.05, 3.63) is 41.7 Å². The van der Waals surface area contributed by atoms with E-state index in [4.69, 9.17) is 0 Å². The standard InChI is InChI=1S/C24H35F/c1-3-4-19-5-9-22(10-6-19)23-11-7-20(8-12-23)17-18(2)21-13-15-24(25)16-14-21/h13-17,19-20,22-23H,3-12H2,1-2H3. The molecule has 0 radical (unpaired) electrons. The van der Waals surface area contributed by atoms with E-state index < -0.39 is 0 Å². The zero-order valence-electron chi connectivity index (χ0n) is 16.1. The second kappa shape index (κ2) is 9.01. The fourth-order valence-electron chi connectivity index (χ4n) is 5.30. The van der Waals surface area contributed by atoms with Gasteiger partial charge in [-0.05, 0) is 92.4 Å². The van der Waals surface area contributed by atoms with Gasteiger partial charge in [-0.15, -0.1) is 0 Å². The van der Waals surface area contributed by atoms with Gasteiger partial charge in [-0.1, -0.05) is 50.8 Å². The van der Waals surface area contributed by atoms with Gasteiger partial charge in [-0.2, -0.15) is 0 Å².